The number of ether oxygens (including phenoxy) is 2. The molecule has 1 rings (SSSR count). The van der Waals surface area contributed by atoms with E-state index < -0.39 is 17.7 Å². The third-order valence-corrected chi connectivity index (χ3v) is 1.70. The standard InChI is InChI=1S/C9H15NO4/c1-9(2,3)14-7(11)6-5-10(6)8(12)13-4/h6H,5H2,1-4H3. The van der Waals surface area contributed by atoms with Crippen LogP contribution < -0.4 is 0 Å². The van der Waals surface area contributed by atoms with Gasteiger partial charge in [-0.15, -0.1) is 0 Å². The van der Waals surface area contributed by atoms with Gasteiger partial charge < -0.3 is 9.47 Å². The molecule has 1 fully saturated rings. The fraction of sp³-hybridized carbons (Fsp3) is 0.778. The first-order chi connectivity index (χ1) is 6.35. The van der Waals surface area contributed by atoms with Gasteiger partial charge in [0.2, 0.25) is 0 Å². The Labute approximate surface area is 83.0 Å². The first-order valence-electron chi connectivity index (χ1n) is 4.42. The molecule has 80 valence electrons. The third-order valence-electron chi connectivity index (χ3n) is 1.70. The molecule has 14 heavy (non-hydrogen) atoms. The molecule has 0 aromatic carbocycles. The molecule has 1 aliphatic rings. The molecular weight excluding hydrogens is 186 g/mol. The van der Waals surface area contributed by atoms with Crippen LogP contribution in [0.15, 0.2) is 0 Å². The van der Waals surface area contributed by atoms with E-state index >= 15 is 0 Å². The lowest BCUT2D eigenvalue weighted by molar-refractivity contribution is -0.154. The summed E-state index contributed by atoms with van der Waals surface area (Å²) in [6.45, 7) is 5.75. The molecule has 0 aromatic heterocycles. The summed E-state index contributed by atoms with van der Waals surface area (Å²) < 4.78 is 9.56. The van der Waals surface area contributed by atoms with Gasteiger partial charge in [0.05, 0.1) is 13.7 Å². The van der Waals surface area contributed by atoms with Crippen molar-refractivity contribution in [2.24, 2.45) is 0 Å². The number of nitrogens with zero attached hydrogens (tertiary/aromatic N) is 1. The normalized spacial score (nSPS) is 20.3. The zero-order valence-electron chi connectivity index (χ0n) is 8.86. The molecule has 1 aliphatic heterocycles. The van der Waals surface area contributed by atoms with Crippen LogP contribution in [0, 0.1) is 0 Å². The molecule has 0 aromatic rings. The predicted molar refractivity (Wildman–Crippen MR) is 48.7 cm³/mol. The lowest BCUT2D eigenvalue weighted by Gasteiger charge is -2.19. The van der Waals surface area contributed by atoms with E-state index in [2.05, 4.69) is 4.74 Å². The van der Waals surface area contributed by atoms with Gasteiger partial charge >= 0.3 is 12.1 Å². The summed E-state index contributed by atoms with van der Waals surface area (Å²) in [7, 11) is 1.28. The highest BCUT2D eigenvalue weighted by Gasteiger charge is 2.47. The maximum Gasteiger partial charge on any atom is 0.410 e. The van der Waals surface area contributed by atoms with Crippen molar-refractivity contribution in [3.05, 3.63) is 0 Å². The van der Waals surface area contributed by atoms with Crippen LogP contribution in [0.1, 0.15) is 20.8 Å². The van der Waals surface area contributed by atoms with Crippen molar-refractivity contribution in [1.82, 2.24) is 4.90 Å². The van der Waals surface area contributed by atoms with Crippen molar-refractivity contribution < 1.29 is 19.1 Å². The van der Waals surface area contributed by atoms with E-state index in [-0.39, 0.29) is 5.97 Å². The summed E-state index contributed by atoms with van der Waals surface area (Å²) in [5.74, 6) is -0.372. The molecule has 1 saturated heterocycles. The monoisotopic (exact) mass is 201 g/mol. The van der Waals surface area contributed by atoms with Gasteiger partial charge in [-0.25, -0.2) is 9.59 Å². The third kappa shape index (κ3) is 2.61. The summed E-state index contributed by atoms with van der Waals surface area (Å²) in [6, 6.07) is -0.457. The summed E-state index contributed by atoms with van der Waals surface area (Å²) in [4.78, 5) is 23.6. The smallest absolute Gasteiger partial charge is 0.410 e. The van der Waals surface area contributed by atoms with Gasteiger partial charge in [0.15, 0.2) is 6.04 Å². The van der Waals surface area contributed by atoms with E-state index in [9.17, 15) is 9.59 Å². The molecule has 1 unspecified atom stereocenters. The topological polar surface area (TPSA) is 55.6 Å². The van der Waals surface area contributed by atoms with Gasteiger partial charge in [-0.05, 0) is 20.8 Å². The number of amides is 1. The summed E-state index contributed by atoms with van der Waals surface area (Å²) in [6.07, 6.45) is -0.485. The molecule has 1 atom stereocenters. The predicted octanol–water partition coefficient (Wildman–Crippen LogP) is 0.779. The van der Waals surface area contributed by atoms with Crippen LogP contribution in [0.3, 0.4) is 0 Å². The second-order valence-electron chi connectivity index (χ2n) is 4.17. The Bertz CT molecular complexity index is 256. The van der Waals surface area contributed by atoms with Crippen LogP contribution in [0.4, 0.5) is 4.79 Å². The summed E-state index contributed by atoms with van der Waals surface area (Å²) >= 11 is 0. The SMILES string of the molecule is COC(=O)N1CC1C(=O)OC(C)(C)C. The highest BCUT2D eigenvalue weighted by atomic mass is 16.6. The number of hydrogen-bond donors (Lipinski definition) is 0. The molecule has 0 spiro atoms. The molecule has 5 heteroatoms. The number of esters is 1. The van der Waals surface area contributed by atoms with E-state index in [1.807, 2.05) is 0 Å². The lowest BCUT2D eigenvalue weighted by atomic mass is 10.2. The van der Waals surface area contributed by atoms with Crippen molar-refractivity contribution in [2.75, 3.05) is 13.7 Å². The zero-order chi connectivity index (χ0) is 10.9. The van der Waals surface area contributed by atoms with Crippen LogP contribution in [0.2, 0.25) is 0 Å². The second-order valence-corrected chi connectivity index (χ2v) is 4.17. The maximum absolute atomic E-state index is 11.4. The number of carbonyl (C=O) groups excluding carboxylic acids is 2. The Morgan fingerprint density at radius 3 is 2.36 bits per heavy atom. The summed E-state index contributed by atoms with van der Waals surface area (Å²) in [5, 5.41) is 0. The Morgan fingerprint density at radius 1 is 1.36 bits per heavy atom. The van der Waals surface area contributed by atoms with Crippen molar-refractivity contribution in [3.63, 3.8) is 0 Å². The van der Waals surface area contributed by atoms with Crippen molar-refractivity contribution in [3.8, 4) is 0 Å². The fourth-order valence-corrected chi connectivity index (χ4v) is 1.03. The van der Waals surface area contributed by atoms with E-state index in [1.54, 1.807) is 20.8 Å². The minimum Gasteiger partial charge on any atom is -0.458 e. The van der Waals surface area contributed by atoms with Crippen LogP contribution in [-0.4, -0.2) is 42.3 Å². The minimum absolute atomic E-state index is 0.372. The van der Waals surface area contributed by atoms with Crippen LogP contribution in [-0.2, 0) is 14.3 Å². The highest BCUT2D eigenvalue weighted by Crippen LogP contribution is 2.22. The van der Waals surface area contributed by atoms with Gasteiger partial charge in [-0.3, -0.25) is 4.90 Å². The summed E-state index contributed by atoms with van der Waals surface area (Å²) in [5.41, 5.74) is -0.512. The Morgan fingerprint density at radius 2 is 1.93 bits per heavy atom. The van der Waals surface area contributed by atoms with E-state index in [0.717, 1.165) is 0 Å². The Kier molecular flexibility index (Phi) is 2.69. The number of carbonyl (C=O) groups is 2. The van der Waals surface area contributed by atoms with Gasteiger partial charge in [0, 0.05) is 0 Å². The van der Waals surface area contributed by atoms with Gasteiger partial charge in [-0.1, -0.05) is 0 Å². The van der Waals surface area contributed by atoms with Gasteiger partial charge in [0.1, 0.15) is 5.60 Å². The van der Waals surface area contributed by atoms with Gasteiger partial charge in [-0.2, -0.15) is 0 Å². The highest BCUT2D eigenvalue weighted by molar-refractivity contribution is 5.86. The zero-order valence-corrected chi connectivity index (χ0v) is 8.86. The molecule has 0 saturated carbocycles. The molecule has 5 nitrogen and oxygen atoms in total. The van der Waals surface area contributed by atoms with E-state index in [0.29, 0.717) is 6.54 Å². The Hall–Kier alpha value is -1.26. The number of methoxy groups -OCH3 is 1. The molecular formula is C9H15NO4. The molecule has 0 radical (unpaired) electrons. The quantitative estimate of drug-likeness (QED) is 0.464. The second kappa shape index (κ2) is 3.48. The molecule has 1 heterocycles. The first-order valence-corrected chi connectivity index (χ1v) is 4.42. The van der Waals surface area contributed by atoms with Crippen molar-refractivity contribution in [2.45, 2.75) is 32.4 Å². The number of rotatable bonds is 1. The van der Waals surface area contributed by atoms with Crippen molar-refractivity contribution in [1.29, 1.82) is 0 Å². The first kappa shape index (κ1) is 10.8. The van der Waals surface area contributed by atoms with Crippen LogP contribution in [0.5, 0.6) is 0 Å². The van der Waals surface area contributed by atoms with E-state index in [1.165, 1.54) is 12.0 Å². The van der Waals surface area contributed by atoms with Gasteiger partial charge in [0.25, 0.3) is 0 Å². The fourth-order valence-electron chi connectivity index (χ4n) is 1.03. The molecule has 0 aliphatic carbocycles. The molecule has 1 amide bonds. The van der Waals surface area contributed by atoms with Crippen LogP contribution >= 0.6 is 0 Å². The average Bonchev–Trinajstić information content (AvgIpc) is 2.78. The number of hydrogen-bond acceptors (Lipinski definition) is 4. The van der Waals surface area contributed by atoms with E-state index in [4.69, 9.17) is 4.74 Å². The maximum atomic E-state index is 11.4. The lowest BCUT2D eigenvalue weighted by Crippen LogP contribution is -2.29. The average molecular weight is 201 g/mol. The Balaban J connectivity index is 2.40. The molecule has 0 bridgehead atoms. The van der Waals surface area contributed by atoms with Crippen molar-refractivity contribution >= 4 is 12.1 Å². The largest absolute Gasteiger partial charge is 0.458 e. The van der Waals surface area contributed by atoms with Crippen LogP contribution in [0.25, 0.3) is 0 Å². The molecule has 0 N–H and O–H groups in total. The minimum atomic E-state index is -0.512.